The average molecular weight is 312 g/mol. The van der Waals surface area contributed by atoms with E-state index >= 15 is 0 Å². The second-order valence-electron chi connectivity index (χ2n) is 3.85. The molecule has 0 unspecified atom stereocenters. The maximum atomic E-state index is 11.3. The number of hydrogen-bond acceptors (Lipinski definition) is 4. The Morgan fingerprint density at radius 2 is 2.22 bits per heavy atom. The average Bonchev–Trinajstić information content (AvgIpc) is 2.28. The Kier molecular flexibility index (Phi) is 3.11. The molecule has 0 saturated carbocycles. The van der Waals surface area contributed by atoms with Gasteiger partial charge in [0.15, 0.2) is 5.82 Å². The predicted molar refractivity (Wildman–Crippen MR) is 69.5 cm³/mol. The quantitative estimate of drug-likeness (QED) is 0.585. The monoisotopic (exact) mass is 311 g/mol. The summed E-state index contributed by atoms with van der Waals surface area (Å²) < 4.78 is 0.534. The number of carbonyl (C=O) groups excluding carboxylic acids is 1. The molecule has 2 heterocycles. The van der Waals surface area contributed by atoms with Crippen molar-refractivity contribution in [3.05, 3.63) is 22.4 Å². The molecule has 0 radical (unpaired) electrons. The van der Waals surface area contributed by atoms with E-state index in [0.29, 0.717) is 16.1 Å². The van der Waals surface area contributed by atoms with Crippen molar-refractivity contribution in [2.24, 2.45) is 0 Å². The molecule has 0 bridgehead atoms. The Morgan fingerprint density at radius 3 is 2.78 bits per heavy atom. The van der Waals surface area contributed by atoms with Crippen molar-refractivity contribution in [3.8, 4) is 0 Å². The molecule has 1 aromatic rings. The van der Waals surface area contributed by atoms with Crippen LogP contribution < -0.4 is 9.80 Å². The molecule has 1 N–H and O–H groups in total. The van der Waals surface area contributed by atoms with Gasteiger partial charge in [-0.3, -0.25) is 4.90 Å². The summed E-state index contributed by atoms with van der Waals surface area (Å²) in [5.41, 5.74) is 0.811. The molecular weight excluding hydrogens is 302 g/mol. The van der Waals surface area contributed by atoms with Gasteiger partial charge in [-0.2, -0.15) is 0 Å². The highest BCUT2D eigenvalue weighted by Crippen LogP contribution is 2.37. The minimum atomic E-state index is -1.16. The second-order valence-corrected chi connectivity index (χ2v) is 4.66. The van der Waals surface area contributed by atoms with E-state index in [9.17, 15) is 14.7 Å². The third-order valence-corrected chi connectivity index (χ3v) is 3.31. The summed E-state index contributed by atoms with van der Waals surface area (Å²) in [6.45, 7) is 1.62. The Morgan fingerprint density at radius 1 is 1.56 bits per heavy atom. The number of hydrogen-bond donors (Lipinski definition) is 1. The van der Waals surface area contributed by atoms with E-state index in [-0.39, 0.29) is 5.70 Å². The first kappa shape index (κ1) is 12.6. The van der Waals surface area contributed by atoms with Gasteiger partial charge in [0.2, 0.25) is 0 Å². The Balaban J connectivity index is 2.70. The van der Waals surface area contributed by atoms with Crippen LogP contribution in [0.1, 0.15) is 6.92 Å². The van der Waals surface area contributed by atoms with Gasteiger partial charge < -0.3 is 10.0 Å². The summed E-state index contributed by atoms with van der Waals surface area (Å²) in [7, 11) is 1.68. The van der Waals surface area contributed by atoms with Gasteiger partial charge in [0.05, 0.1) is 11.7 Å². The zero-order valence-electron chi connectivity index (χ0n) is 9.72. The van der Waals surface area contributed by atoms with Crippen LogP contribution in [-0.4, -0.2) is 35.2 Å². The maximum absolute atomic E-state index is 11.3. The smallest absolute Gasteiger partial charge is 0.413 e. The Bertz CT molecular complexity index is 569. The number of pyridine rings is 1. The van der Waals surface area contributed by atoms with Crippen LogP contribution in [0.15, 0.2) is 22.4 Å². The lowest BCUT2D eigenvalue weighted by atomic mass is 10.1. The highest BCUT2D eigenvalue weighted by molar-refractivity contribution is 9.10. The second kappa shape index (κ2) is 4.44. The van der Waals surface area contributed by atoms with Crippen LogP contribution in [0.25, 0.3) is 0 Å². The summed E-state index contributed by atoms with van der Waals surface area (Å²) in [5, 5.41) is 9.25. The van der Waals surface area contributed by atoms with E-state index in [4.69, 9.17) is 0 Å². The zero-order valence-corrected chi connectivity index (χ0v) is 11.3. The first-order valence-corrected chi connectivity index (χ1v) is 5.94. The minimum Gasteiger partial charge on any atom is -0.465 e. The van der Waals surface area contributed by atoms with Crippen molar-refractivity contribution in [3.63, 3.8) is 0 Å². The number of halogens is 1. The molecule has 0 spiro atoms. The van der Waals surface area contributed by atoms with Gasteiger partial charge in [0.1, 0.15) is 16.2 Å². The van der Waals surface area contributed by atoms with Gasteiger partial charge in [-0.15, -0.1) is 0 Å². The van der Waals surface area contributed by atoms with Crippen LogP contribution in [0.2, 0.25) is 0 Å². The van der Waals surface area contributed by atoms with Crippen molar-refractivity contribution in [1.82, 2.24) is 4.98 Å². The third kappa shape index (κ3) is 1.77. The SMILES string of the molecule is C[C@@H]1C(=C=O)N(C)c2ccc(Br)nc2N1C(=O)O. The van der Waals surface area contributed by atoms with Crippen LogP contribution in [-0.2, 0) is 4.79 Å². The summed E-state index contributed by atoms with van der Waals surface area (Å²) in [6.07, 6.45) is -1.16. The highest BCUT2D eigenvalue weighted by atomic mass is 79.9. The van der Waals surface area contributed by atoms with Crippen molar-refractivity contribution in [2.45, 2.75) is 13.0 Å². The molecule has 1 aromatic heterocycles. The molecule has 0 aromatic carbocycles. The minimum absolute atomic E-state index is 0.258. The van der Waals surface area contributed by atoms with Crippen LogP contribution in [0.5, 0.6) is 0 Å². The lowest BCUT2D eigenvalue weighted by Crippen LogP contribution is -2.47. The molecule has 1 amide bonds. The first-order valence-electron chi connectivity index (χ1n) is 5.14. The highest BCUT2D eigenvalue weighted by Gasteiger charge is 2.36. The number of amides is 1. The van der Waals surface area contributed by atoms with E-state index in [2.05, 4.69) is 20.9 Å². The van der Waals surface area contributed by atoms with Crippen molar-refractivity contribution < 1.29 is 14.7 Å². The van der Waals surface area contributed by atoms with Crippen molar-refractivity contribution in [1.29, 1.82) is 0 Å². The van der Waals surface area contributed by atoms with E-state index < -0.39 is 12.1 Å². The van der Waals surface area contributed by atoms with E-state index in [1.807, 2.05) is 0 Å². The number of anilines is 2. The topological polar surface area (TPSA) is 73.7 Å². The lowest BCUT2D eigenvalue weighted by molar-refractivity contribution is 0.200. The largest absolute Gasteiger partial charge is 0.465 e. The molecule has 1 atom stereocenters. The molecular formula is C11H10BrN3O3. The molecule has 0 fully saturated rings. The predicted octanol–water partition coefficient (Wildman–Crippen LogP) is 1.88. The van der Waals surface area contributed by atoms with Gasteiger partial charge in [-0.1, -0.05) is 0 Å². The fraction of sp³-hybridized carbons (Fsp3) is 0.273. The van der Waals surface area contributed by atoms with Gasteiger partial charge in [0, 0.05) is 7.05 Å². The fourth-order valence-corrected chi connectivity index (χ4v) is 2.28. The summed E-state index contributed by atoms with van der Waals surface area (Å²) in [5.74, 6) is 2.09. The number of fused-ring (bicyclic) bond motifs is 1. The number of carboxylic acid groups (broad SMARTS) is 1. The van der Waals surface area contributed by atoms with Crippen LogP contribution >= 0.6 is 15.9 Å². The number of carbonyl (C=O) groups is 1. The number of nitrogens with zero attached hydrogens (tertiary/aromatic N) is 3. The summed E-state index contributed by atoms with van der Waals surface area (Å²) >= 11 is 3.21. The normalized spacial score (nSPS) is 18.4. The molecule has 94 valence electrons. The number of likely N-dealkylation sites (N-methyl/N-ethyl adjacent to an activating group) is 1. The Hall–Kier alpha value is -1.85. The van der Waals surface area contributed by atoms with Crippen molar-refractivity contribution in [2.75, 3.05) is 16.8 Å². The molecule has 6 nitrogen and oxygen atoms in total. The van der Waals surface area contributed by atoms with Crippen LogP contribution in [0.4, 0.5) is 16.3 Å². The van der Waals surface area contributed by atoms with Crippen LogP contribution in [0.3, 0.4) is 0 Å². The molecule has 7 heteroatoms. The standard InChI is InChI=1S/C11H10BrN3O3/c1-6-8(5-16)14(2)7-3-4-9(12)13-10(7)15(6)11(17)18/h3-4,6H,1-2H3,(H,17,18)/t6-/m1/s1. The fourth-order valence-electron chi connectivity index (χ4n) is 1.98. The van der Waals surface area contributed by atoms with Gasteiger partial charge >= 0.3 is 6.09 Å². The maximum Gasteiger partial charge on any atom is 0.413 e. The molecule has 1 aliphatic rings. The Labute approximate surface area is 112 Å². The van der Waals surface area contributed by atoms with E-state index in [1.54, 1.807) is 36.9 Å². The van der Waals surface area contributed by atoms with Gasteiger partial charge in [-0.05, 0) is 35.0 Å². The zero-order chi connectivity index (χ0) is 13.4. The number of aromatic nitrogens is 1. The summed E-state index contributed by atoms with van der Waals surface area (Å²) in [6, 6.07) is 2.76. The van der Waals surface area contributed by atoms with Gasteiger partial charge in [-0.25, -0.2) is 14.6 Å². The van der Waals surface area contributed by atoms with E-state index in [0.717, 1.165) is 4.90 Å². The molecule has 0 aliphatic carbocycles. The molecule has 2 rings (SSSR count). The third-order valence-electron chi connectivity index (χ3n) is 2.87. The van der Waals surface area contributed by atoms with Crippen LogP contribution in [0, 0.1) is 0 Å². The number of rotatable bonds is 0. The summed E-state index contributed by atoms with van der Waals surface area (Å²) in [4.78, 5) is 29.1. The molecule has 18 heavy (non-hydrogen) atoms. The van der Waals surface area contributed by atoms with E-state index in [1.165, 1.54) is 0 Å². The molecule has 1 aliphatic heterocycles. The van der Waals surface area contributed by atoms with Gasteiger partial charge in [0.25, 0.3) is 0 Å². The lowest BCUT2D eigenvalue weighted by Gasteiger charge is -2.38. The first-order chi connectivity index (χ1) is 8.47. The van der Waals surface area contributed by atoms with Crippen molar-refractivity contribution >= 4 is 39.5 Å². The molecule has 0 saturated heterocycles.